The summed E-state index contributed by atoms with van der Waals surface area (Å²) in [6.07, 6.45) is 0. The number of fused-ring (bicyclic) bond motifs is 2. The van der Waals surface area contributed by atoms with Crippen molar-refractivity contribution in [3.8, 4) is 0 Å². The molecule has 0 aromatic heterocycles. The van der Waals surface area contributed by atoms with Crippen LogP contribution in [0.15, 0.2) is 54.6 Å². The van der Waals surface area contributed by atoms with Crippen LogP contribution in [0.2, 0.25) is 0 Å². The molecular weight excluding hydrogens is 278 g/mol. The molecular formula is C19H22ClN. The Balaban J connectivity index is 0.00000161. The van der Waals surface area contributed by atoms with Crippen molar-refractivity contribution in [1.29, 1.82) is 0 Å². The molecule has 1 nitrogen and oxygen atoms in total. The molecule has 0 heterocycles. The highest BCUT2D eigenvalue weighted by molar-refractivity contribution is 6.02. The summed E-state index contributed by atoms with van der Waals surface area (Å²) in [6, 6.07) is 19.3. The molecule has 3 rings (SSSR count). The van der Waals surface area contributed by atoms with Crippen LogP contribution >= 0.6 is 12.4 Å². The third kappa shape index (κ3) is 2.76. The highest BCUT2D eigenvalue weighted by Gasteiger charge is 2.25. The molecule has 0 amide bonds. The standard InChI is InChI=1S/C19H21N.ClH/c1-19(2,3)18(20)17-15-10-6-4-8-13(15)12-14-9-5-7-11-16(14)17;/h4-12,18H,20H2,1-3H3;1H/t18-;/m0./s1. The average molecular weight is 300 g/mol. The maximum absolute atomic E-state index is 6.60. The molecule has 21 heavy (non-hydrogen) atoms. The van der Waals surface area contributed by atoms with Crippen molar-refractivity contribution in [2.45, 2.75) is 26.8 Å². The van der Waals surface area contributed by atoms with E-state index in [9.17, 15) is 0 Å². The molecule has 110 valence electrons. The van der Waals surface area contributed by atoms with Crippen molar-refractivity contribution >= 4 is 34.0 Å². The van der Waals surface area contributed by atoms with Crippen LogP contribution in [0.3, 0.4) is 0 Å². The molecule has 0 saturated carbocycles. The number of halogens is 1. The van der Waals surface area contributed by atoms with Gasteiger partial charge in [0.25, 0.3) is 0 Å². The fourth-order valence-corrected chi connectivity index (χ4v) is 2.82. The van der Waals surface area contributed by atoms with Crippen molar-refractivity contribution in [2.75, 3.05) is 0 Å². The topological polar surface area (TPSA) is 26.0 Å². The molecule has 1 atom stereocenters. The van der Waals surface area contributed by atoms with Crippen LogP contribution in [-0.4, -0.2) is 0 Å². The zero-order valence-corrected chi connectivity index (χ0v) is 13.6. The van der Waals surface area contributed by atoms with Crippen molar-refractivity contribution in [1.82, 2.24) is 0 Å². The maximum Gasteiger partial charge on any atom is 0.0356 e. The highest BCUT2D eigenvalue weighted by Crippen LogP contribution is 2.39. The summed E-state index contributed by atoms with van der Waals surface area (Å²) in [7, 11) is 0. The first kappa shape index (κ1) is 15.8. The SMILES string of the molecule is CC(C)(C)[C@@H](N)c1c2ccccc2cc2ccccc12.Cl. The predicted octanol–water partition coefficient (Wildman–Crippen LogP) is 5.46. The van der Waals surface area contributed by atoms with E-state index in [1.54, 1.807) is 0 Å². The maximum atomic E-state index is 6.60. The summed E-state index contributed by atoms with van der Waals surface area (Å²) < 4.78 is 0. The van der Waals surface area contributed by atoms with E-state index in [4.69, 9.17) is 5.73 Å². The van der Waals surface area contributed by atoms with Crippen molar-refractivity contribution in [3.05, 3.63) is 60.2 Å². The fourth-order valence-electron chi connectivity index (χ4n) is 2.82. The summed E-state index contributed by atoms with van der Waals surface area (Å²) >= 11 is 0. The summed E-state index contributed by atoms with van der Waals surface area (Å²) in [5, 5.41) is 5.07. The number of hydrogen-bond acceptors (Lipinski definition) is 1. The number of rotatable bonds is 1. The largest absolute Gasteiger partial charge is 0.323 e. The third-order valence-electron chi connectivity index (χ3n) is 4.06. The molecule has 0 aliphatic carbocycles. The second-order valence-corrected chi connectivity index (χ2v) is 6.58. The second kappa shape index (κ2) is 5.67. The molecule has 0 aliphatic rings. The molecule has 3 aromatic carbocycles. The molecule has 2 N–H and O–H groups in total. The monoisotopic (exact) mass is 299 g/mol. The van der Waals surface area contributed by atoms with Gasteiger partial charge in [0.2, 0.25) is 0 Å². The summed E-state index contributed by atoms with van der Waals surface area (Å²) in [5.74, 6) is 0. The minimum Gasteiger partial charge on any atom is -0.323 e. The van der Waals surface area contributed by atoms with E-state index in [0.717, 1.165) is 0 Å². The van der Waals surface area contributed by atoms with Gasteiger partial charge in [0.05, 0.1) is 0 Å². The smallest absolute Gasteiger partial charge is 0.0356 e. The van der Waals surface area contributed by atoms with E-state index >= 15 is 0 Å². The molecule has 0 aliphatic heterocycles. The predicted molar refractivity (Wildman–Crippen MR) is 95.1 cm³/mol. The third-order valence-corrected chi connectivity index (χ3v) is 4.06. The zero-order chi connectivity index (χ0) is 14.3. The highest BCUT2D eigenvalue weighted by atomic mass is 35.5. The minimum absolute atomic E-state index is 0. The van der Waals surface area contributed by atoms with Gasteiger partial charge in [-0.3, -0.25) is 0 Å². The van der Waals surface area contributed by atoms with Gasteiger partial charge in [-0.15, -0.1) is 12.4 Å². The van der Waals surface area contributed by atoms with E-state index < -0.39 is 0 Å². The molecule has 0 radical (unpaired) electrons. The van der Waals surface area contributed by atoms with Crippen molar-refractivity contribution < 1.29 is 0 Å². The van der Waals surface area contributed by atoms with E-state index in [0.29, 0.717) is 0 Å². The molecule has 0 fully saturated rings. The Bertz CT molecular complexity index is 717. The van der Waals surface area contributed by atoms with Crippen molar-refractivity contribution in [3.63, 3.8) is 0 Å². The van der Waals surface area contributed by atoms with Crippen LogP contribution in [0.1, 0.15) is 32.4 Å². The van der Waals surface area contributed by atoms with Gasteiger partial charge in [-0.1, -0.05) is 69.3 Å². The van der Waals surface area contributed by atoms with Gasteiger partial charge in [-0.25, -0.2) is 0 Å². The molecule has 0 bridgehead atoms. The Morgan fingerprint density at radius 1 is 0.810 bits per heavy atom. The Morgan fingerprint density at radius 2 is 1.24 bits per heavy atom. The lowest BCUT2D eigenvalue weighted by Crippen LogP contribution is -2.26. The second-order valence-electron chi connectivity index (χ2n) is 6.58. The Morgan fingerprint density at radius 3 is 1.67 bits per heavy atom. The van der Waals surface area contributed by atoms with Gasteiger partial charge in [-0.2, -0.15) is 0 Å². The normalized spacial score (nSPS) is 13.1. The number of nitrogens with two attached hydrogens (primary N) is 1. The quantitative estimate of drug-likeness (QED) is 0.593. The zero-order valence-electron chi connectivity index (χ0n) is 12.8. The molecule has 2 heteroatoms. The van der Waals surface area contributed by atoms with Gasteiger partial charge in [0, 0.05) is 6.04 Å². The first-order valence-corrected chi connectivity index (χ1v) is 7.14. The summed E-state index contributed by atoms with van der Waals surface area (Å²) in [6.45, 7) is 6.61. The lowest BCUT2D eigenvalue weighted by molar-refractivity contribution is 0.330. The van der Waals surface area contributed by atoms with Crippen LogP contribution in [0.5, 0.6) is 0 Å². The molecule has 0 unspecified atom stereocenters. The molecule has 0 spiro atoms. The number of benzene rings is 3. The summed E-state index contributed by atoms with van der Waals surface area (Å²) in [4.78, 5) is 0. The van der Waals surface area contributed by atoms with Crippen LogP contribution in [0.4, 0.5) is 0 Å². The van der Waals surface area contributed by atoms with Crippen molar-refractivity contribution in [2.24, 2.45) is 11.1 Å². The van der Waals surface area contributed by atoms with Gasteiger partial charge < -0.3 is 5.73 Å². The first-order valence-electron chi connectivity index (χ1n) is 7.14. The minimum atomic E-state index is 0. The van der Waals surface area contributed by atoms with Crippen LogP contribution in [0, 0.1) is 5.41 Å². The van der Waals surface area contributed by atoms with E-state index in [2.05, 4.69) is 75.4 Å². The Labute approximate surface area is 132 Å². The van der Waals surface area contributed by atoms with E-state index in [-0.39, 0.29) is 23.9 Å². The van der Waals surface area contributed by atoms with Gasteiger partial charge in [0.1, 0.15) is 0 Å². The van der Waals surface area contributed by atoms with Gasteiger partial charge in [-0.05, 0) is 38.6 Å². The lowest BCUT2D eigenvalue weighted by atomic mass is 9.79. The Hall–Kier alpha value is -1.57. The van der Waals surface area contributed by atoms with Gasteiger partial charge in [0.15, 0.2) is 0 Å². The van der Waals surface area contributed by atoms with E-state index in [1.165, 1.54) is 27.1 Å². The molecule has 0 saturated heterocycles. The van der Waals surface area contributed by atoms with Gasteiger partial charge >= 0.3 is 0 Å². The summed E-state index contributed by atoms with van der Waals surface area (Å²) in [5.41, 5.74) is 7.91. The Kier molecular flexibility index (Phi) is 4.27. The number of hydrogen-bond donors (Lipinski definition) is 1. The van der Waals surface area contributed by atoms with Crippen LogP contribution in [0.25, 0.3) is 21.5 Å². The van der Waals surface area contributed by atoms with Crippen LogP contribution in [-0.2, 0) is 0 Å². The fraction of sp³-hybridized carbons (Fsp3) is 0.263. The first-order chi connectivity index (χ1) is 9.48. The van der Waals surface area contributed by atoms with Crippen LogP contribution < -0.4 is 5.73 Å². The lowest BCUT2D eigenvalue weighted by Gasteiger charge is -2.29. The average Bonchev–Trinajstić information content (AvgIpc) is 2.43. The van der Waals surface area contributed by atoms with E-state index in [1.807, 2.05) is 0 Å². The molecule has 3 aromatic rings.